The van der Waals surface area contributed by atoms with E-state index in [0.717, 1.165) is 40.5 Å². The standard InChI is InChI=1S/C23H20ClN3O3/c1-14-2-9-19-16(13-29-20(19)10-14)11-22(28)27(18-7-8-18)12-21-25-26-23(30-21)15-3-5-17(24)6-4-15/h2-6,9-10,13,18H,7-8,11-12H2,1H3. The van der Waals surface area contributed by atoms with Crippen LogP contribution in [0.3, 0.4) is 0 Å². The van der Waals surface area contributed by atoms with Crippen LogP contribution in [0.25, 0.3) is 22.4 Å². The molecule has 0 atom stereocenters. The molecule has 0 saturated heterocycles. The summed E-state index contributed by atoms with van der Waals surface area (Å²) in [4.78, 5) is 14.9. The molecule has 0 unspecified atom stereocenters. The number of fused-ring (bicyclic) bond motifs is 1. The summed E-state index contributed by atoms with van der Waals surface area (Å²) in [5, 5.41) is 9.89. The minimum absolute atomic E-state index is 0.0343. The van der Waals surface area contributed by atoms with Crippen LogP contribution in [0.1, 0.15) is 29.9 Å². The third-order valence-electron chi connectivity index (χ3n) is 5.32. The quantitative estimate of drug-likeness (QED) is 0.429. The molecule has 5 rings (SSSR count). The molecule has 0 spiro atoms. The van der Waals surface area contributed by atoms with E-state index in [1.165, 1.54) is 0 Å². The molecular formula is C23H20ClN3O3. The molecule has 0 aliphatic heterocycles. The monoisotopic (exact) mass is 421 g/mol. The predicted octanol–water partition coefficient (Wildman–Crippen LogP) is 5.18. The van der Waals surface area contributed by atoms with Crippen LogP contribution in [0, 0.1) is 6.92 Å². The van der Waals surface area contributed by atoms with Crippen molar-refractivity contribution in [2.75, 3.05) is 0 Å². The van der Waals surface area contributed by atoms with Gasteiger partial charge in [0.15, 0.2) is 0 Å². The number of carbonyl (C=O) groups is 1. The van der Waals surface area contributed by atoms with Gasteiger partial charge in [0.05, 0.1) is 19.2 Å². The zero-order chi connectivity index (χ0) is 20.7. The number of hydrogen-bond acceptors (Lipinski definition) is 5. The number of nitrogens with zero attached hydrogens (tertiary/aromatic N) is 3. The molecule has 2 aromatic carbocycles. The molecule has 2 aromatic heterocycles. The van der Waals surface area contributed by atoms with Crippen molar-refractivity contribution in [3.8, 4) is 11.5 Å². The second kappa shape index (κ2) is 7.61. The van der Waals surface area contributed by atoms with Crippen molar-refractivity contribution >= 4 is 28.5 Å². The van der Waals surface area contributed by atoms with Crippen LogP contribution in [-0.4, -0.2) is 27.0 Å². The number of halogens is 1. The summed E-state index contributed by atoms with van der Waals surface area (Å²) in [6, 6.07) is 13.5. The molecule has 7 heteroatoms. The Hall–Kier alpha value is -3.12. The fraction of sp³-hybridized carbons (Fsp3) is 0.261. The molecule has 0 radical (unpaired) electrons. The van der Waals surface area contributed by atoms with E-state index in [1.54, 1.807) is 18.4 Å². The van der Waals surface area contributed by atoms with Gasteiger partial charge >= 0.3 is 0 Å². The van der Waals surface area contributed by atoms with Crippen LogP contribution in [0.15, 0.2) is 57.6 Å². The first kappa shape index (κ1) is 18.9. The molecule has 4 aromatic rings. The van der Waals surface area contributed by atoms with Gasteiger partial charge in [0.1, 0.15) is 5.58 Å². The highest BCUT2D eigenvalue weighted by Crippen LogP contribution is 2.31. The van der Waals surface area contributed by atoms with E-state index < -0.39 is 0 Å². The molecule has 6 nitrogen and oxygen atoms in total. The number of benzene rings is 2. The number of aryl methyl sites for hydroxylation is 1. The van der Waals surface area contributed by atoms with Crippen molar-refractivity contribution in [3.63, 3.8) is 0 Å². The predicted molar refractivity (Wildman–Crippen MR) is 113 cm³/mol. The Bertz CT molecular complexity index is 1210. The van der Waals surface area contributed by atoms with E-state index in [9.17, 15) is 4.79 Å². The summed E-state index contributed by atoms with van der Waals surface area (Å²) in [6.45, 7) is 2.32. The summed E-state index contributed by atoms with van der Waals surface area (Å²) >= 11 is 5.93. The lowest BCUT2D eigenvalue weighted by molar-refractivity contribution is -0.132. The SMILES string of the molecule is Cc1ccc2c(CC(=O)N(Cc3nnc(-c4ccc(Cl)cc4)o3)C3CC3)coc2c1. The Morgan fingerprint density at radius 3 is 2.73 bits per heavy atom. The first-order chi connectivity index (χ1) is 14.6. The summed E-state index contributed by atoms with van der Waals surface area (Å²) in [7, 11) is 0. The van der Waals surface area contributed by atoms with Gasteiger partial charge in [-0.3, -0.25) is 4.79 Å². The van der Waals surface area contributed by atoms with Crippen LogP contribution < -0.4 is 0 Å². The lowest BCUT2D eigenvalue weighted by atomic mass is 10.1. The Balaban J connectivity index is 1.33. The van der Waals surface area contributed by atoms with Crippen molar-refractivity contribution < 1.29 is 13.6 Å². The van der Waals surface area contributed by atoms with Crippen molar-refractivity contribution in [2.24, 2.45) is 0 Å². The summed E-state index contributed by atoms with van der Waals surface area (Å²) in [5.74, 6) is 0.876. The highest BCUT2D eigenvalue weighted by atomic mass is 35.5. The zero-order valence-corrected chi connectivity index (χ0v) is 17.2. The van der Waals surface area contributed by atoms with Crippen molar-refractivity contribution in [1.82, 2.24) is 15.1 Å². The number of rotatable bonds is 6. The second-order valence-electron chi connectivity index (χ2n) is 7.70. The molecule has 1 fully saturated rings. The van der Waals surface area contributed by atoms with Gasteiger partial charge < -0.3 is 13.7 Å². The van der Waals surface area contributed by atoms with Crippen LogP contribution in [0.4, 0.5) is 0 Å². The first-order valence-corrected chi connectivity index (χ1v) is 10.3. The lowest BCUT2D eigenvalue weighted by Crippen LogP contribution is -2.33. The molecule has 2 heterocycles. The topological polar surface area (TPSA) is 72.4 Å². The Morgan fingerprint density at radius 1 is 1.17 bits per heavy atom. The van der Waals surface area contributed by atoms with E-state index >= 15 is 0 Å². The number of hydrogen-bond donors (Lipinski definition) is 0. The third kappa shape index (κ3) is 3.83. The van der Waals surface area contributed by atoms with Crippen molar-refractivity contribution in [3.05, 3.63) is 70.8 Å². The van der Waals surface area contributed by atoms with Crippen molar-refractivity contribution in [1.29, 1.82) is 0 Å². The highest BCUT2D eigenvalue weighted by molar-refractivity contribution is 6.30. The molecule has 0 N–H and O–H groups in total. The molecule has 1 aliphatic carbocycles. The average molecular weight is 422 g/mol. The second-order valence-corrected chi connectivity index (χ2v) is 8.13. The lowest BCUT2D eigenvalue weighted by Gasteiger charge is -2.20. The Morgan fingerprint density at radius 2 is 1.97 bits per heavy atom. The molecule has 0 bridgehead atoms. The molecule has 1 aliphatic rings. The normalized spacial score (nSPS) is 13.7. The van der Waals surface area contributed by atoms with Gasteiger partial charge in [-0.15, -0.1) is 10.2 Å². The number of amides is 1. The molecular weight excluding hydrogens is 402 g/mol. The van der Waals surface area contributed by atoms with E-state index in [0.29, 0.717) is 23.3 Å². The molecule has 1 saturated carbocycles. The number of furan rings is 1. The van der Waals surface area contributed by atoms with Gasteiger partial charge in [-0.2, -0.15) is 0 Å². The van der Waals surface area contributed by atoms with Gasteiger partial charge in [-0.25, -0.2) is 0 Å². The number of carbonyl (C=O) groups excluding carboxylic acids is 1. The molecule has 30 heavy (non-hydrogen) atoms. The average Bonchev–Trinajstić information content (AvgIpc) is 3.34. The van der Waals surface area contributed by atoms with Gasteiger partial charge in [0.25, 0.3) is 0 Å². The van der Waals surface area contributed by atoms with Crippen molar-refractivity contribution in [2.45, 2.75) is 38.8 Å². The van der Waals surface area contributed by atoms with E-state index in [2.05, 4.69) is 10.2 Å². The minimum Gasteiger partial charge on any atom is -0.464 e. The smallest absolute Gasteiger partial charge is 0.247 e. The van der Waals surface area contributed by atoms with Crippen LogP contribution in [-0.2, 0) is 17.8 Å². The molecule has 152 valence electrons. The largest absolute Gasteiger partial charge is 0.464 e. The summed E-state index contributed by atoms with van der Waals surface area (Å²) in [6.07, 6.45) is 3.95. The highest BCUT2D eigenvalue weighted by Gasteiger charge is 2.34. The van der Waals surface area contributed by atoms with E-state index in [1.807, 2.05) is 42.2 Å². The van der Waals surface area contributed by atoms with Gasteiger partial charge in [0, 0.05) is 27.6 Å². The van der Waals surface area contributed by atoms with E-state index in [-0.39, 0.29) is 18.4 Å². The number of aromatic nitrogens is 2. The van der Waals surface area contributed by atoms with Crippen LogP contribution >= 0.6 is 11.6 Å². The van der Waals surface area contributed by atoms with Gasteiger partial charge in [-0.1, -0.05) is 23.7 Å². The van der Waals surface area contributed by atoms with E-state index in [4.69, 9.17) is 20.4 Å². The zero-order valence-electron chi connectivity index (χ0n) is 16.5. The Kier molecular flexibility index (Phi) is 4.79. The van der Waals surface area contributed by atoms with Crippen LogP contribution in [0.5, 0.6) is 0 Å². The molecule has 1 amide bonds. The van der Waals surface area contributed by atoms with Crippen LogP contribution in [0.2, 0.25) is 5.02 Å². The van der Waals surface area contributed by atoms with Gasteiger partial charge in [0.2, 0.25) is 17.7 Å². The van der Waals surface area contributed by atoms with Gasteiger partial charge in [-0.05, 0) is 55.7 Å². The fourth-order valence-corrected chi connectivity index (χ4v) is 3.70. The maximum absolute atomic E-state index is 13.1. The minimum atomic E-state index is 0.0343. The first-order valence-electron chi connectivity index (χ1n) is 9.91. The summed E-state index contributed by atoms with van der Waals surface area (Å²) < 4.78 is 11.5. The third-order valence-corrected chi connectivity index (χ3v) is 5.58. The maximum Gasteiger partial charge on any atom is 0.247 e. The summed E-state index contributed by atoms with van der Waals surface area (Å²) in [5.41, 5.74) is 3.62. The fourth-order valence-electron chi connectivity index (χ4n) is 3.57. The maximum atomic E-state index is 13.1. The Labute approximate surface area is 178 Å².